The van der Waals surface area contributed by atoms with Gasteiger partial charge in [0.1, 0.15) is 16.4 Å². The fourth-order valence-corrected chi connectivity index (χ4v) is 3.51. The van der Waals surface area contributed by atoms with Gasteiger partial charge in [0, 0.05) is 16.0 Å². The van der Waals surface area contributed by atoms with Crippen LogP contribution >= 0.6 is 34.5 Å². The summed E-state index contributed by atoms with van der Waals surface area (Å²) in [5.74, 6) is 0. The van der Waals surface area contributed by atoms with Crippen LogP contribution in [0.1, 0.15) is 36.3 Å². The first-order valence-electron chi connectivity index (χ1n) is 6.62. The van der Waals surface area contributed by atoms with Crippen molar-refractivity contribution in [2.45, 2.75) is 26.2 Å². The highest BCUT2D eigenvalue weighted by atomic mass is 35.5. The lowest BCUT2D eigenvalue weighted by atomic mass is 9.98. The maximum atomic E-state index is 11.5. The third-order valence-electron chi connectivity index (χ3n) is 3.18. The minimum atomic E-state index is -0.0936. The number of benzene rings is 1. The number of halogens is 2. The summed E-state index contributed by atoms with van der Waals surface area (Å²) in [4.78, 5) is 16.8. The molecule has 2 aromatic heterocycles. The highest BCUT2D eigenvalue weighted by Gasteiger charge is 2.24. The minimum Gasteiger partial charge on any atom is -0.296 e. The monoisotopic (exact) mass is 353 g/mol. The number of carbonyl (C=O) groups is 1. The van der Waals surface area contributed by atoms with Crippen molar-refractivity contribution in [3.05, 3.63) is 38.9 Å². The molecule has 3 rings (SSSR count). The molecule has 0 amide bonds. The van der Waals surface area contributed by atoms with Gasteiger partial charge >= 0.3 is 0 Å². The fraction of sp³-hybridized carbons (Fsp3) is 0.267. The van der Waals surface area contributed by atoms with Crippen molar-refractivity contribution < 1.29 is 4.79 Å². The van der Waals surface area contributed by atoms with E-state index in [4.69, 9.17) is 23.2 Å². The molecule has 1 aromatic carbocycles. The first-order valence-corrected chi connectivity index (χ1v) is 8.19. The van der Waals surface area contributed by atoms with E-state index >= 15 is 0 Å². The number of aldehydes is 1. The molecule has 0 spiro atoms. The molecule has 0 aliphatic carbocycles. The summed E-state index contributed by atoms with van der Waals surface area (Å²) in [6.07, 6.45) is 0.756. The van der Waals surface area contributed by atoms with Crippen LogP contribution in [0.2, 0.25) is 10.0 Å². The average Bonchev–Trinajstić information content (AvgIpc) is 2.95. The van der Waals surface area contributed by atoms with Crippen LogP contribution in [-0.4, -0.2) is 20.9 Å². The molecule has 2 heterocycles. The second-order valence-electron chi connectivity index (χ2n) is 5.94. The van der Waals surface area contributed by atoms with E-state index in [0.29, 0.717) is 32.0 Å². The van der Waals surface area contributed by atoms with Gasteiger partial charge < -0.3 is 0 Å². The van der Waals surface area contributed by atoms with Gasteiger partial charge in [-0.3, -0.25) is 4.79 Å². The first kappa shape index (κ1) is 15.5. The quantitative estimate of drug-likeness (QED) is 0.617. The average molecular weight is 354 g/mol. The largest absolute Gasteiger partial charge is 0.296 e. The highest BCUT2D eigenvalue weighted by molar-refractivity contribution is 7.16. The van der Waals surface area contributed by atoms with Crippen LogP contribution in [0.3, 0.4) is 0 Å². The summed E-state index contributed by atoms with van der Waals surface area (Å²) < 4.78 is 1.58. The van der Waals surface area contributed by atoms with Crippen LogP contribution in [0.5, 0.6) is 0 Å². The number of hydrogen-bond donors (Lipinski definition) is 0. The van der Waals surface area contributed by atoms with Gasteiger partial charge in [-0.05, 0) is 18.2 Å². The molecule has 3 aromatic rings. The molecule has 0 radical (unpaired) electrons. The Labute approximate surface area is 141 Å². The van der Waals surface area contributed by atoms with E-state index in [-0.39, 0.29) is 5.41 Å². The molecule has 0 unspecified atom stereocenters. The summed E-state index contributed by atoms with van der Waals surface area (Å²) in [7, 11) is 0. The number of nitrogens with zero attached hydrogens (tertiary/aromatic N) is 3. The number of carbonyl (C=O) groups excluding carboxylic acids is 1. The lowest BCUT2D eigenvalue weighted by Gasteiger charge is -2.12. The lowest BCUT2D eigenvalue weighted by molar-refractivity contribution is 0.111. The van der Waals surface area contributed by atoms with Crippen LogP contribution in [0.15, 0.2) is 18.2 Å². The van der Waals surface area contributed by atoms with Gasteiger partial charge in [-0.2, -0.15) is 9.61 Å². The lowest BCUT2D eigenvalue weighted by Crippen LogP contribution is -2.11. The zero-order valence-electron chi connectivity index (χ0n) is 12.2. The summed E-state index contributed by atoms with van der Waals surface area (Å²) in [6.45, 7) is 6.22. The molecule has 0 saturated carbocycles. The van der Waals surface area contributed by atoms with E-state index in [1.54, 1.807) is 22.7 Å². The van der Waals surface area contributed by atoms with Crippen molar-refractivity contribution in [3.63, 3.8) is 0 Å². The van der Waals surface area contributed by atoms with E-state index in [1.165, 1.54) is 11.3 Å². The number of hydrogen-bond acceptors (Lipinski definition) is 4. The number of imidazole rings is 1. The van der Waals surface area contributed by atoms with Crippen molar-refractivity contribution in [2.24, 2.45) is 0 Å². The topological polar surface area (TPSA) is 47.3 Å². The predicted molar refractivity (Wildman–Crippen MR) is 90.4 cm³/mol. The molecule has 22 heavy (non-hydrogen) atoms. The van der Waals surface area contributed by atoms with Crippen molar-refractivity contribution >= 4 is 45.8 Å². The molecule has 0 aliphatic rings. The zero-order valence-corrected chi connectivity index (χ0v) is 14.6. The predicted octanol–water partition coefficient (Wildman–Crippen LogP) is 4.87. The summed E-state index contributed by atoms with van der Waals surface area (Å²) in [6, 6.07) is 5.11. The van der Waals surface area contributed by atoms with E-state index in [9.17, 15) is 4.79 Å². The van der Waals surface area contributed by atoms with Crippen LogP contribution < -0.4 is 0 Å². The maximum Gasteiger partial charge on any atom is 0.213 e. The van der Waals surface area contributed by atoms with Crippen LogP contribution in [0.4, 0.5) is 0 Å². The first-order chi connectivity index (χ1) is 10.3. The fourth-order valence-electron chi connectivity index (χ4n) is 2.05. The Morgan fingerprint density at radius 3 is 2.59 bits per heavy atom. The van der Waals surface area contributed by atoms with Crippen LogP contribution in [0, 0.1) is 0 Å². The molecule has 0 atom stereocenters. The van der Waals surface area contributed by atoms with Gasteiger partial charge in [0.05, 0.1) is 5.02 Å². The smallest absolute Gasteiger partial charge is 0.213 e. The molecule has 7 heteroatoms. The van der Waals surface area contributed by atoms with E-state index in [1.807, 2.05) is 0 Å². The molecular formula is C15H13Cl2N3OS. The van der Waals surface area contributed by atoms with Crippen molar-refractivity contribution in [2.75, 3.05) is 0 Å². The van der Waals surface area contributed by atoms with Crippen molar-refractivity contribution in [1.29, 1.82) is 0 Å². The Morgan fingerprint density at radius 1 is 1.27 bits per heavy atom. The number of aromatic nitrogens is 3. The minimum absolute atomic E-state index is 0.0936. The van der Waals surface area contributed by atoms with Crippen LogP contribution in [-0.2, 0) is 5.41 Å². The van der Waals surface area contributed by atoms with Crippen molar-refractivity contribution in [3.8, 4) is 11.3 Å². The van der Waals surface area contributed by atoms with E-state index in [0.717, 1.165) is 11.3 Å². The highest BCUT2D eigenvalue weighted by Crippen LogP contribution is 2.34. The Balaban J connectivity index is 2.23. The Morgan fingerprint density at radius 2 is 2.00 bits per heavy atom. The van der Waals surface area contributed by atoms with Gasteiger partial charge in [0.2, 0.25) is 4.96 Å². The Hall–Kier alpha value is -1.43. The summed E-state index contributed by atoms with van der Waals surface area (Å²) >= 11 is 13.6. The molecule has 4 nitrogen and oxygen atoms in total. The Bertz CT molecular complexity index is 877. The second kappa shape index (κ2) is 5.33. The third kappa shape index (κ3) is 2.53. The van der Waals surface area contributed by atoms with Gasteiger partial charge in [-0.15, -0.1) is 0 Å². The van der Waals surface area contributed by atoms with Gasteiger partial charge in [0.25, 0.3) is 0 Å². The summed E-state index contributed by atoms with van der Waals surface area (Å²) in [5.41, 5.74) is 1.49. The van der Waals surface area contributed by atoms with Crippen LogP contribution in [0.25, 0.3) is 16.2 Å². The number of fused-ring (bicyclic) bond motifs is 1. The normalized spacial score (nSPS) is 12.0. The molecule has 0 aliphatic heterocycles. The second-order valence-corrected chi connectivity index (χ2v) is 7.74. The molecule has 114 valence electrons. The molecule has 0 bridgehead atoms. The maximum absolute atomic E-state index is 11.5. The zero-order chi connectivity index (χ0) is 16.1. The molecular weight excluding hydrogens is 341 g/mol. The van der Waals surface area contributed by atoms with Crippen molar-refractivity contribution in [1.82, 2.24) is 14.6 Å². The van der Waals surface area contributed by atoms with E-state index in [2.05, 4.69) is 30.9 Å². The molecule has 0 saturated heterocycles. The molecule has 0 fully saturated rings. The van der Waals surface area contributed by atoms with E-state index < -0.39 is 0 Å². The third-order valence-corrected chi connectivity index (χ3v) is 5.06. The molecule has 0 N–H and O–H groups in total. The van der Waals surface area contributed by atoms with Gasteiger partial charge in [-0.25, -0.2) is 4.98 Å². The summed E-state index contributed by atoms with van der Waals surface area (Å²) in [5, 5.41) is 6.44. The van der Waals surface area contributed by atoms with Gasteiger partial charge in [-0.1, -0.05) is 55.3 Å². The Kier molecular flexibility index (Phi) is 3.75. The van der Waals surface area contributed by atoms with Gasteiger partial charge in [0.15, 0.2) is 6.29 Å². The number of rotatable bonds is 2. The SMILES string of the molecule is CC(C)(C)c1nn2c(C=O)c(-c3ccc(Cl)cc3Cl)nc2s1. The standard InChI is InChI=1S/C15H13Cl2N3OS/c1-15(2,3)13-19-20-11(7-21)12(18-14(20)22-13)9-5-4-8(16)6-10(9)17/h4-7H,1-3H3.